The van der Waals surface area contributed by atoms with Gasteiger partial charge in [-0.2, -0.15) is 0 Å². The van der Waals surface area contributed by atoms with E-state index in [1.165, 1.54) is 17.8 Å². The molecule has 0 bridgehead atoms. The van der Waals surface area contributed by atoms with Gasteiger partial charge in [0.05, 0.1) is 5.75 Å². The van der Waals surface area contributed by atoms with E-state index >= 15 is 0 Å². The van der Waals surface area contributed by atoms with Gasteiger partial charge < -0.3 is 5.32 Å². The summed E-state index contributed by atoms with van der Waals surface area (Å²) in [6.07, 6.45) is 0. The van der Waals surface area contributed by atoms with Crippen molar-refractivity contribution in [2.24, 2.45) is 0 Å². The van der Waals surface area contributed by atoms with Crippen LogP contribution in [-0.4, -0.2) is 11.7 Å². The third kappa shape index (κ3) is 4.60. The summed E-state index contributed by atoms with van der Waals surface area (Å²) in [5, 5.41) is 2.78. The molecule has 2 nitrogen and oxygen atoms in total. The summed E-state index contributed by atoms with van der Waals surface area (Å²) in [5.74, 6) is -0.00731. The summed E-state index contributed by atoms with van der Waals surface area (Å²) in [4.78, 5) is 11.9. The molecule has 0 aliphatic rings. The predicted molar refractivity (Wildman–Crippen MR) is 87.1 cm³/mol. The van der Waals surface area contributed by atoms with Gasteiger partial charge in [-0.05, 0) is 32.0 Å². The van der Waals surface area contributed by atoms with Crippen LogP contribution >= 0.6 is 11.8 Å². The summed E-state index contributed by atoms with van der Waals surface area (Å²) in [5.41, 5.74) is 2.56. The fourth-order valence-electron chi connectivity index (χ4n) is 1.93. The van der Waals surface area contributed by atoms with E-state index in [0.29, 0.717) is 11.3 Å². The molecule has 0 aromatic heterocycles. The number of amides is 1. The molecule has 0 fully saturated rings. The second-order valence-corrected chi connectivity index (χ2v) is 6.22. The van der Waals surface area contributed by atoms with Crippen molar-refractivity contribution >= 4 is 23.4 Å². The van der Waals surface area contributed by atoms with Crippen LogP contribution in [0, 0.1) is 12.7 Å². The average molecular weight is 303 g/mol. The van der Waals surface area contributed by atoms with Gasteiger partial charge in [0.1, 0.15) is 5.82 Å². The molecular weight excluding hydrogens is 285 g/mol. The highest BCUT2D eigenvalue weighted by Gasteiger charge is 2.12. The third-order valence-electron chi connectivity index (χ3n) is 3.14. The zero-order valence-corrected chi connectivity index (χ0v) is 12.9. The van der Waals surface area contributed by atoms with Gasteiger partial charge in [0.25, 0.3) is 0 Å². The Balaban J connectivity index is 1.86. The van der Waals surface area contributed by atoms with Gasteiger partial charge in [-0.25, -0.2) is 4.39 Å². The maximum Gasteiger partial charge on any atom is 0.234 e. The lowest BCUT2D eigenvalue weighted by molar-refractivity contribution is -0.113. The van der Waals surface area contributed by atoms with Crippen LogP contribution in [0.2, 0.25) is 0 Å². The monoisotopic (exact) mass is 303 g/mol. The Hall–Kier alpha value is -1.81. The first-order chi connectivity index (χ1) is 10.1. The second-order valence-electron chi connectivity index (χ2n) is 4.89. The second kappa shape index (κ2) is 7.27. The van der Waals surface area contributed by atoms with Crippen LogP contribution in [0.5, 0.6) is 0 Å². The van der Waals surface area contributed by atoms with Gasteiger partial charge in [0.2, 0.25) is 5.91 Å². The predicted octanol–water partition coefficient (Wildman–Crippen LogP) is 4.57. The molecule has 1 N–H and O–H groups in total. The molecule has 1 unspecified atom stereocenters. The number of thioether (sulfide) groups is 1. The van der Waals surface area contributed by atoms with Gasteiger partial charge in [-0.3, -0.25) is 4.79 Å². The summed E-state index contributed by atoms with van der Waals surface area (Å²) in [6.45, 7) is 3.90. The van der Waals surface area contributed by atoms with E-state index in [0.717, 1.165) is 11.3 Å². The molecule has 0 saturated heterocycles. The number of hydrogen-bond acceptors (Lipinski definition) is 2. The van der Waals surface area contributed by atoms with E-state index in [-0.39, 0.29) is 17.0 Å². The minimum Gasteiger partial charge on any atom is -0.325 e. The third-order valence-corrected chi connectivity index (χ3v) is 4.33. The lowest BCUT2D eigenvalue weighted by atomic mass is 10.1. The Morgan fingerprint density at radius 3 is 2.52 bits per heavy atom. The SMILES string of the molecule is Cc1ccc(NC(=O)CSC(C)c2ccccc2F)cc1. The molecular formula is C17H18FNOS. The maximum atomic E-state index is 13.6. The van der Waals surface area contributed by atoms with Crippen LogP contribution < -0.4 is 5.32 Å². The van der Waals surface area contributed by atoms with Crippen molar-refractivity contribution in [2.45, 2.75) is 19.1 Å². The van der Waals surface area contributed by atoms with Crippen LogP contribution in [0.4, 0.5) is 10.1 Å². The summed E-state index contributed by atoms with van der Waals surface area (Å²) in [7, 11) is 0. The van der Waals surface area contributed by atoms with E-state index in [9.17, 15) is 9.18 Å². The van der Waals surface area contributed by atoms with Crippen LogP contribution in [0.3, 0.4) is 0 Å². The van der Waals surface area contributed by atoms with Crippen molar-refractivity contribution in [1.82, 2.24) is 0 Å². The first-order valence-electron chi connectivity index (χ1n) is 6.79. The number of aryl methyl sites for hydroxylation is 1. The zero-order chi connectivity index (χ0) is 15.2. The normalized spacial score (nSPS) is 12.0. The van der Waals surface area contributed by atoms with Crippen molar-refractivity contribution in [3.05, 3.63) is 65.5 Å². The Kier molecular flexibility index (Phi) is 5.39. The van der Waals surface area contributed by atoms with Crippen molar-refractivity contribution in [2.75, 3.05) is 11.1 Å². The molecule has 21 heavy (non-hydrogen) atoms. The molecule has 1 amide bonds. The highest BCUT2D eigenvalue weighted by molar-refractivity contribution is 8.00. The average Bonchev–Trinajstić information content (AvgIpc) is 2.48. The smallest absolute Gasteiger partial charge is 0.234 e. The van der Waals surface area contributed by atoms with Crippen LogP contribution in [-0.2, 0) is 4.79 Å². The lowest BCUT2D eigenvalue weighted by Gasteiger charge is -2.12. The van der Waals surface area contributed by atoms with E-state index < -0.39 is 0 Å². The Bertz CT molecular complexity index is 612. The van der Waals surface area contributed by atoms with Crippen LogP contribution in [0.25, 0.3) is 0 Å². The van der Waals surface area contributed by atoms with Crippen molar-refractivity contribution in [3.8, 4) is 0 Å². The van der Waals surface area contributed by atoms with Gasteiger partial charge >= 0.3 is 0 Å². The highest BCUT2D eigenvalue weighted by atomic mass is 32.2. The molecule has 2 aromatic rings. The van der Waals surface area contributed by atoms with Crippen molar-refractivity contribution in [1.29, 1.82) is 0 Å². The Morgan fingerprint density at radius 2 is 1.86 bits per heavy atom. The first-order valence-corrected chi connectivity index (χ1v) is 7.83. The van der Waals surface area contributed by atoms with Gasteiger partial charge in [-0.1, -0.05) is 35.9 Å². The Morgan fingerprint density at radius 1 is 1.19 bits per heavy atom. The summed E-state index contributed by atoms with van der Waals surface area (Å²) >= 11 is 1.42. The largest absolute Gasteiger partial charge is 0.325 e. The fourth-order valence-corrected chi connectivity index (χ4v) is 2.77. The summed E-state index contributed by atoms with van der Waals surface area (Å²) in [6, 6.07) is 14.3. The van der Waals surface area contributed by atoms with E-state index in [4.69, 9.17) is 0 Å². The quantitative estimate of drug-likeness (QED) is 0.877. The topological polar surface area (TPSA) is 29.1 Å². The van der Waals surface area contributed by atoms with Crippen molar-refractivity contribution in [3.63, 3.8) is 0 Å². The molecule has 0 aliphatic carbocycles. The zero-order valence-electron chi connectivity index (χ0n) is 12.1. The number of carbonyl (C=O) groups excluding carboxylic acids is 1. The fraction of sp³-hybridized carbons (Fsp3) is 0.235. The number of rotatable bonds is 5. The highest BCUT2D eigenvalue weighted by Crippen LogP contribution is 2.29. The standard InChI is InChI=1S/C17H18FNOS/c1-12-7-9-14(10-8-12)19-17(20)11-21-13(2)15-5-3-4-6-16(15)18/h3-10,13H,11H2,1-2H3,(H,19,20). The number of halogens is 1. The van der Waals surface area contributed by atoms with Gasteiger partial charge in [0, 0.05) is 16.5 Å². The number of nitrogens with one attached hydrogen (secondary N) is 1. The van der Waals surface area contributed by atoms with Crippen LogP contribution in [0.15, 0.2) is 48.5 Å². The molecule has 1 atom stereocenters. The van der Waals surface area contributed by atoms with Gasteiger partial charge in [-0.15, -0.1) is 11.8 Å². The molecule has 4 heteroatoms. The molecule has 0 radical (unpaired) electrons. The minimum atomic E-state index is -0.226. The lowest BCUT2D eigenvalue weighted by Crippen LogP contribution is -2.14. The van der Waals surface area contributed by atoms with Crippen LogP contribution in [0.1, 0.15) is 23.3 Å². The number of anilines is 1. The molecule has 0 spiro atoms. The molecule has 0 heterocycles. The first kappa shape index (κ1) is 15.6. The molecule has 0 aliphatic heterocycles. The summed E-state index contributed by atoms with van der Waals surface area (Å²) < 4.78 is 13.6. The van der Waals surface area contributed by atoms with E-state index in [2.05, 4.69) is 5.32 Å². The van der Waals surface area contributed by atoms with E-state index in [1.54, 1.807) is 12.1 Å². The van der Waals surface area contributed by atoms with E-state index in [1.807, 2.05) is 44.2 Å². The molecule has 110 valence electrons. The molecule has 2 aromatic carbocycles. The van der Waals surface area contributed by atoms with Gasteiger partial charge in [0.15, 0.2) is 0 Å². The molecule has 2 rings (SSSR count). The number of benzene rings is 2. The maximum absolute atomic E-state index is 13.6. The molecule has 0 saturated carbocycles. The number of hydrogen-bond donors (Lipinski definition) is 1. The Labute approximate surface area is 128 Å². The number of carbonyl (C=O) groups is 1. The minimum absolute atomic E-state index is 0.0602. The van der Waals surface area contributed by atoms with Crippen molar-refractivity contribution < 1.29 is 9.18 Å².